The number of hydrogen-bond donors (Lipinski definition) is 5. The van der Waals surface area contributed by atoms with Crippen LogP contribution in [-0.2, 0) is 40.0 Å². The highest BCUT2D eigenvalue weighted by Gasteiger charge is 2.54. The van der Waals surface area contributed by atoms with Gasteiger partial charge in [-0.05, 0) is 30.2 Å². The number of hydrogen-bond acceptors (Lipinski definition) is 10. The van der Waals surface area contributed by atoms with Crippen molar-refractivity contribution >= 4 is 47.1 Å². The maximum absolute atomic E-state index is 14.3. The van der Waals surface area contributed by atoms with E-state index in [-0.39, 0.29) is 37.3 Å². The molecule has 5 N–H and O–H groups in total. The average Bonchev–Trinajstić information content (AvgIpc) is 3.71. The first-order valence-corrected chi connectivity index (χ1v) is 18.3. The second-order valence-electron chi connectivity index (χ2n) is 14.5. The van der Waals surface area contributed by atoms with Crippen LogP contribution in [0.1, 0.15) is 76.4 Å². The highest BCUT2D eigenvalue weighted by atomic mass is 16.4. The molecule has 0 bridgehead atoms. The topological polar surface area (TPSA) is 234 Å². The second kappa shape index (κ2) is 18.5. The number of likely N-dealkylation sites (tertiary alicyclic amines) is 1. The van der Waals surface area contributed by atoms with Gasteiger partial charge in [0.15, 0.2) is 0 Å². The van der Waals surface area contributed by atoms with Crippen LogP contribution < -0.4 is 21.3 Å². The molecule has 54 heavy (non-hydrogen) atoms. The minimum Gasteiger partial charge on any atom is -0.480 e. The fourth-order valence-corrected chi connectivity index (χ4v) is 7.02. The lowest BCUT2D eigenvalue weighted by Gasteiger charge is -2.33. The van der Waals surface area contributed by atoms with E-state index in [1.54, 1.807) is 65.0 Å². The van der Waals surface area contributed by atoms with Gasteiger partial charge in [0.25, 0.3) is 11.8 Å². The third-order valence-electron chi connectivity index (χ3n) is 9.92. The number of nitrogens with zero attached hydrogens (tertiary/aromatic N) is 3. The third-order valence-corrected chi connectivity index (χ3v) is 9.92. The van der Waals surface area contributed by atoms with E-state index in [1.165, 1.54) is 23.5 Å². The number of aliphatic carboxylic acids is 1. The molecule has 1 aromatic carbocycles. The summed E-state index contributed by atoms with van der Waals surface area (Å²) in [6, 6.07) is 2.42. The molecular weight excluding hydrogens is 698 g/mol. The standard InChI is InChI=1S/C38H49N7O9/c1-6-10-25(32(47)36(51)42-26(38(53)54)17-22-11-8-7-9-12-22)41-35(50)31-23-13-14-28(46)24(23)19-45(31)37(52)30(21(4)5)44-34(49)29(20(2)3)43-33(48)27-18-39-15-16-40-27/h7-9,11-12,15-16,18,20-21,23-26,29-31H,6,10,13-14,17,19H2,1-5H3,(H,41,50)(H,42,51)(H,43,48)(H,44,49)(H,53,54)/t23-,24-,25+,26-,29-,30-,31-/m0/s1. The molecule has 2 aromatic rings. The Labute approximate surface area is 313 Å². The Hall–Kier alpha value is -5.54. The summed E-state index contributed by atoms with van der Waals surface area (Å²) >= 11 is 0. The van der Waals surface area contributed by atoms with Gasteiger partial charge in [-0.25, -0.2) is 9.78 Å². The summed E-state index contributed by atoms with van der Waals surface area (Å²) in [4.78, 5) is 116. The molecule has 1 saturated heterocycles. The van der Waals surface area contributed by atoms with Gasteiger partial charge in [0.1, 0.15) is 35.6 Å². The van der Waals surface area contributed by atoms with Gasteiger partial charge in [0, 0.05) is 43.6 Å². The number of fused-ring (bicyclic) bond motifs is 1. The first kappa shape index (κ1) is 41.2. The molecule has 1 aromatic heterocycles. The van der Waals surface area contributed by atoms with Crippen molar-refractivity contribution in [3.05, 3.63) is 60.2 Å². The van der Waals surface area contributed by atoms with Crippen molar-refractivity contribution in [3.63, 3.8) is 0 Å². The van der Waals surface area contributed by atoms with Gasteiger partial charge in [-0.15, -0.1) is 0 Å². The molecule has 2 heterocycles. The number of Topliss-reactive ketones (excluding diaryl/α,β-unsaturated/α-hetero) is 2. The molecular formula is C38H49N7O9. The smallest absolute Gasteiger partial charge is 0.326 e. The lowest BCUT2D eigenvalue weighted by molar-refractivity contribution is -0.146. The third kappa shape index (κ3) is 9.90. The van der Waals surface area contributed by atoms with Crippen molar-refractivity contribution in [1.82, 2.24) is 36.1 Å². The summed E-state index contributed by atoms with van der Waals surface area (Å²) in [7, 11) is 0. The van der Waals surface area contributed by atoms with Crippen LogP contribution in [0.3, 0.4) is 0 Å². The van der Waals surface area contributed by atoms with Crippen LogP contribution in [0.2, 0.25) is 0 Å². The van der Waals surface area contributed by atoms with E-state index in [9.17, 15) is 43.5 Å². The van der Waals surface area contributed by atoms with Crippen LogP contribution in [0.5, 0.6) is 0 Å². The van der Waals surface area contributed by atoms with E-state index in [0.717, 1.165) is 0 Å². The zero-order valence-corrected chi connectivity index (χ0v) is 31.1. The monoisotopic (exact) mass is 747 g/mol. The predicted octanol–water partition coefficient (Wildman–Crippen LogP) is 0.844. The van der Waals surface area contributed by atoms with Gasteiger partial charge < -0.3 is 31.3 Å². The van der Waals surface area contributed by atoms with Crippen LogP contribution in [-0.4, -0.2) is 104 Å². The zero-order valence-electron chi connectivity index (χ0n) is 31.1. The molecule has 1 saturated carbocycles. The minimum atomic E-state index is -1.41. The van der Waals surface area contributed by atoms with Crippen molar-refractivity contribution in [2.45, 2.75) is 96.9 Å². The Balaban J connectivity index is 1.52. The lowest BCUT2D eigenvalue weighted by Crippen LogP contribution is -2.60. The highest BCUT2D eigenvalue weighted by molar-refractivity contribution is 6.38. The summed E-state index contributed by atoms with van der Waals surface area (Å²) in [6.45, 7) is 8.52. The quantitative estimate of drug-likeness (QED) is 0.142. The molecule has 1 aliphatic heterocycles. The van der Waals surface area contributed by atoms with E-state index in [4.69, 9.17) is 0 Å². The molecule has 1 aliphatic carbocycles. The maximum Gasteiger partial charge on any atom is 0.326 e. The van der Waals surface area contributed by atoms with Crippen molar-refractivity contribution < 1.29 is 43.5 Å². The van der Waals surface area contributed by atoms with E-state index in [1.807, 2.05) is 0 Å². The van der Waals surface area contributed by atoms with Gasteiger partial charge >= 0.3 is 5.97 Å². The van der Waals surface area contributed by atoms with Gasteiger partial charge in [-0.3, -0.25) is 38.5 Å². The van der Waals surface area contributed by atoms with Crippen LogP contribution in [0.25, 0.3) is 0 Å². The molecule has 0 unspecified atom stereocenters. The molecule has 0 radical (unpaired) electrons. The lowest BCUT2D eigenvalue weighted by atomic mass is 9.92. The molecule has 4 rings (SSSR count). The van der Waals surface area contributed by atoms with E-state index < -0.39 is 95.2 Å². The zero-order chi connectivity index (χ0) is 39.7. The van der Waals surface area contributed by atoms with E-state index in [2.05, 4.69) is 31.2 Å². The first-order valence-electron chi connectivity index (χ1n) is 18.3. The first-order chi connectivity index (χ1) is 25.6. The Morgan fingerprint density at radius 3 is 2.17 bits per heavy atom. The number of benzene rings is 1. The van der Waals surface area contributed by atoms with Crippen molar-refractivity contribution in [2.75, 3.05) is 6.54 Å². The summed E-state index contributed by atoms with van der Waals surface area (Å²) in [5.74, 6) is -8.40. The number of ketones is 2. The Morgan fingerprint density at radius 1 is 0.889 bits per heavy atom. The molecule has 2 aliphatic rings. The molecule has 290 valence electrons. The molecule has 2 fully saturated rings. The molecule has 0 spiro atoms. The Morgan fingerprint density at radius 2 is 1.57 bits per heavy atom. The van der Waals surface area contributed by atoms with Crippen molar-refractivity contribution in [2.24, 2.45) is 23.7 Å². The Kier molecular flexibility index (Phi) is 14.1. The largest absolute Gasteiger partial charge is 0.480 e. The molecule has 5 amide bonds. The van der Waals surface area contributed by atoms with Crippen LogP contribution >= 0.6 is 0 Å². The number of carboxylic acid groups (broad SMARTS) is 1. The normalized spacial score (nSPS) is 20.0. The number of carboxylic acids is 1. The fraction of sp³-hybridized carbons (Fsp3) is 0.526. The molecule has 16 nitrogen and oxygen atoms in total. The summed E-state index contributed by atoms with van der Waals surface area (Å²) in [5.41, 5.74) is 0.630. The average molecular weight is 748 g/mol. The minimum absolute atomic E-state index is 0.000733. The van der Waals surface area contributed by atoms with Crippen molar-refractivity contribution in [1.29, 1.82) is 0 Å². The van der Waals surface area contributed by atoms with Crippen LogP contribution in [0.4, 0.5) is 0 Å². The number of nitrogens with one attached hydrogen (secondary N) is 4. The van der Waals surface area contributed by atoms with Gasteiger partial charge in [-0.1, -0.05) is 71.4 Å². The number of carbonyl (C=O) groups excluding carboxylic acids is 7. The van der Waals surface area contributed by atoms with Gasteiger partial charge in [0.05, 0.1) is 12.2 Å². The van der Waals surface area contributed by atoms with Gasteiger partial charge in [0.2, 0.25) is 23.5 Å². The van der Waals surface area contributed by atoms with Crippen LogP contribution in [0, 0.1) is 23.7 Å². The summed E-state index contributed by atoms with van der Waals surface area (Å²) < 4.78 is 0. The van der Waals surface area contributed by atoms with E-state index in [0.29, 0.717) is 18.4 Å². The summed E-state index contributed by atoms with van der Waals surface area (Å²) in [6.07, 6.45) is 4.88. The summed E-state index contributed by atoms with van der Waals surface area (Å²) in [5, 5.41) is 20.1. The SMILES string of the molecule is CCC[C@@H](NC(=O)[C@@H]1[C@H]2CCC(=O)[C@H]2CN1C(=O)[C@@H](NC(=O)[C@@H](NC(=O)c1cnccn1)C(C)C)C(C)C)C(=O)C(=O)N[C@@H](Cc1ccccc1)C(=O)O. The number of rotatable bonds is 17. The predicted molar refractivity (Wildman–Crippen MR) is 193 cm³/mol. The van der Waals surface area contributed by atoms with Crippen LogP contribution in [0.15, 0.2) is 48.9 Å². The second-order valence-corrected chi connectivity index (χ2v) is 14.5. The number of aromatic nitrogens is 2. The fourth-order valence-electron chi connectivity index (χ4n) is 7.02. The maximum atomic E-state index is 14.3. The molecule has 7 atom stereocenters. The number of carbonyl (C=O) groups is 8. The Bertz CT molecular complexity index is 1720. The van der Waals surface area contributed by atoms with E-state index >= 15 is 0 Å². The van der Waals surface area contributed by atoms with Gasteiger partial charge in [-0.2, -0.15) is 0 Å². The van der Waals surface area contributed by atoms with Crippen molar-refractivity contribution in [3.8, 4) is 0 Å². The molecule has 16 heteroatoms. The number of amides is 5. The highest BCUT2D eigenvalue weighted by Crippen LogP contribution is 2.41.